The summed E-state index contributed by atoms with van der Waals surface area (Å²) in [5.41, 5.74) is 3.89. The van der Waals surface area contributed by atoms with Crippen molar-refractivity contribution in [2.45, 2.75) is 13.0 Å². The lowest BCUT2D eigenvalue weighted by atomic mass is 10.1. The summed E-state index contributed by atoms with van der Waals surface area (Å²) in [6, 6.07) is 14.9. The molecule has 4 rings (SSSR count). The average Bonchev–Trinajstić information content (AvgIpc) is 3.15. The van der Waals surface area contributed by atoms with E-state index < -0.39 is 0 Å². The van der Waals surface area contributed by atoms with Crippen LogP contribution in [0.25, 0.3) is 16.9 Å². The minimum absolute atomic E-state index is 0.0350. The monoisotopic (exact) mass is 388 g/mol. The molecule has 0 aliphatic rings. The van der Waals surface area contributed by atoms with Crippen LogP contribution in [0.3, 0.4) is 0 Å². The zero-order valence-corrected chi connectivity index (χ0v) is 15.9. The first-order valence-corrected chi connectivity index (χ1v) is 9.12. The molecule has 7 heteroatoms. The lowest BCUT2D eigenvalue weighted by Gasteiger charge is -2.08. The van der Waals surface area contributed by atoms with Crippen LogP contribution < -0.4 is 10.1 Å². The summed E-state index contributed by atoms with van der Waals surface area (Å²) in [6.45, 7) is -0.0350. The summed E-state index contributed by atoms with van der Waals surface area (Å²) in [6.07, 6.45) is 5.30. The number of anilines is 1. The van der Waals surface area contributed by atoms with Crippen molar-refractivity contribution in [3.05, 3.63) is 78.2 Å². The van der Waals surface area contributed by atoms with Crippen molar-refractivity contribution in [1.82, 2.24) is 14.4 Å². The highest BCUT2D eigenvalue weighted by Gasteiger charge is 2.11. The maximum atomic E-state index is 12.5. The van der Waals surface area contributed by atoms with Crippen molar-refractivity contribution in [1.29, 1.82) is 0 Å². The predicted molar refractivity (Wildman–Crippen MR) is 110 cm³/mol. The molecular formula is C22H20N4O3. The van der Waals surface area contributed by atoms with Crippen LogP contribution in [-0.2, 0) is 17.8 Å². The number of nitrogens with one attached hydrogen (secondary N) is 1. The number of amides is 1. The molecule has 146 valence electrons. The number of carbonyl (C=O) groups is 1. The first-order chi connectivity index (χ1) is 14.2. The van der Waals surface area contributed by atoms with Crippen LogP contribution in [0.4, 0.5) is 5.82 Å². The molecular weight excluding hydrogens is 368 g/mol. The zero-order valence-electron chi connectivity index (χ0n) is 15.9. The van der Waals surface area contributed by atoms with Crippen molar-refractivity contribution in [2.24, 2.45) is 0 Å². The van der Waals surface area contributed by atoms with Crippen molar-refractivity contribution in [2.75, 3.05) is 12.4 Å². The van der Waals surface area contributed by atoms with Crippen LogP contribution in [0.2, 0.25) is 0 Å². The van der Waals surface area contributed by atoms with E-state index in [0.29, 0.717) is 22.9 Å². The fraction of sp³-hybridized carbons (Fsp3) is 0.136. The number of ether oxygens (including phenoxy) is 1. The number of imidazole rings is 1. The molecule has 2 heterocycles. The largest absolute Gasteiger partial charge is 0.497 e. The number of aliphatic hydroxyl groups excluding tert-OH is 1. The Bertz CT molecular complexity index is 1170. The van der Waals surface area contributed by atoms with E-state index in [0.717, 1.165) is 16.7 Å². The molecule has 2 N–H and O–H groups in total. The van der Waals surface area contributed by atoms with Gasteiger partial charge < -0.3 is 15.2 Å². The average molecular weight is 388 g/mol. The maximum absolute atomic E-state index is 12.5. The van der Waals surface area contributed by atoms with E-state index >= 15 is 0 Å². The Morgan fingerprint density at radius 1 is 1.10 bits per heavy atom. The Hall–Kier alpha value is -3.71. The van der Waals surface area contributed by atoms with Gasteiger partial charge in [-0.2, -0.15) is 0 Å². The highest BCUT2D eigenvalue weighted by molar-refractivity contribution is 5.92. The molecule has 1 amide bonds. The van der Waals surface area contributed by atoms with Gasteiger partial charge in [0.1, 0.15) is 11.6 Å². The van der Waals surface area contributed by atoms with Crippen LogP contribution in [0.1, 0.15) is 11.1 Å². The van der Waals surface area contributed by atoms with Gasteiger partial charge in [-0.05, 0) is 29.3 Å². The molecule has 2 aromatic carbocycles. The van der Waals surface area contributed by atoms with Crippen LogP contribution in [0.5, 0.6) is 5.75 Å². The Balaban J connectivity index is 1.58. The molecule has 29 heavy (non-hydrogen) atoms. The maximum Gasteiger partial charge on any atom is 0.229 e. The minimum atomic E-state index is -0.152. The third-order valence-electron chi connectivity index (χ3n) is 4.57. The van der Waals surface area contributed by atoms with Gasteiger partial charge in [-0.1, -0.05) is 30.3 Å². The van der Waals surface area contributed by atoms with Gasteiger partial charge in [-0.25, -0.2) is 4.98 Å². The van der Waals surface area contributed by atoms with Gasteiger partial charge in [0.15, 0.2) is 5.65 Å². The molecule has 2 aromatic heterocycles. The number of fused-ring (bicyclic) bond motifs is 1. The number of benzene rings is 2. The molecule has 0 bridgehead atoms. The highest BCUT2D eigenvalue weighted by atomic mass is 16.5. The normalized spacial score (nSPS) is 10.8. The standard InChI is InChI=1S/C22H20N4O3/c1-29-18-7-3-4-15(9-18)10-22(28)25-21-12-24-20-11-23-19(13-26(20)21)17-6-2-5-16(8-17)14-27/h2-9,11-13,27H,10,14H2,1H3,(H,25,28). The molecule has 0 spiro atoms. The number of aromatic nitrogens is 3. The summed E-state index contributed by atoms with van der Waals surface area (Å²) in [5, 5.41) is 12.3. The number of nitrogens with zero attached hydrogens (tertiary/aromatic N) is 3. The van der Waals surface area contributed by atoms with E-state index in [9.17, 15) is 9.90 Å². The second kappa shape index (κ2) is 8.12. The topological polar surface area (TPSA) is 88.8 Å². The van der Waals surface area contributed by atoms with E-state index in [2.05, 4.69) is 15.3 Å². The van der Waals surface area contributed by atoms with E-state index in [-0.39, 0.29) is 18.9 Å². The molecule has 0 atom stereocenters. The van der Waals surface area contributed by atoms with Gasteiger partial charge in [-0.15, -0.1) is 0 Å². The number of methoxy groups -OCH3 is 1. The van der Waals surface area contributed by atoms with Crippen molar-refractivity contribution in [3.63, 3.8) is 0 Å². The third kappa shape index (κ3) is 4.09. The summed E-state index contributed by atoms with van der Waals surface area (Å²) in [7, 11) is 1.60. The summed E-state index contributed by atoms with van der Waals surface area (Å²) >= 11 is 0. The van der Waals surface area contributed by atoms with Crippen LogP contribution in [0.15, 0.2) is 67.1 Å². The van der Waals surface area contributed by atoms with Crippen molar-refractivity contribution < 1.29 is 14.6 Å². The Morgan fingerprint density at radius 2 is 1.93 bits per heavy atom. The second-order valence-electron chi connectivity index (χ2n) is 6.58. The number of aliphatic hydroxyl groups is 1. The van der Waals surface area contributed by atoms with Crippen LogP contribution in [0, 0.1) is 0 Å². The zero-order chi connectivity index (χ0) is 20.2. The minimum Gasteiger partial charge on any atom is -0.497 e. The van der Waals surface area contributed by atoms with Crippen molar-refractivity contribution >= 4 is 17.4 Å². The first kappa shape index (κ1) is 18.6. The molecule has 0 unspecified atom stereocenters. The fourth-order valence-electron chi connectivity index (χ4n) is 3.11. The molecule has 0 aliphatic carbocycles. The predicted octanol–water partition coefficient (Wildman–Crippen LogP) is 3.08. The van der Waals surface area contributed by atoms with Crippen molar-refractivity contribution in [3.8, 4) is 17.0 Å². The van der Waals surface area contributed by atoms with Gasteiger partial charge in [0.05, 0.1) is 38.2 Å². The van der Waals surface area contributed by atoms with Gasteiger partial charge in [0.25, 0.3) is 0 Å². The Labute approximate surface area is 167 Å². The number of carbonyl (C=O) groups excluding carboxylic acids is 1. The van der Waals surface area contributed by atoms with Crippen LogP contribution >= 0.6 is 0 Å². The second-order valence-corrected chi connectivity index (χ2v) is 6.58. The number of hydrogen-bond acceptors (Lipinski definition) is 5. The number of rotatable bonds is 6. The van der Waals surface area contributed by atoms with Crippen LogP contribution in [-0.4, -0.2) is 32.5 Å². The summed E-state index contributed by atoms with van der Waals surface area (Å²) in [5.74, 6) is 1.13. The lowest BCUT2D eigenvalue weighted by molar-refractivity contribution is -0.115. The molecule has 4 aromatic rings. The summed E-state index contributed by atoms with van der Waals surface area (Å²) < 4.78 is 6.99. The van der Waals surface area contributed by atoms with Gasteiger partial charge in [-0.3, -0.25) is 14.2 Å². The van der Waals surface area contributed by atoms with Gasteiger partial charge in [0, 0.05) is 11.8 Å². The molecule has 0 fully saturated rings. The Kier molecular flexibility index (Phi) is 5.22. The van der Waals surface area contributed by atoms with E-state index in [1.807, 2.05) is 54.7 Å². The first-order valence-electron chi connectivity index (χ1n) is 9.12. The van der Waals surface area contributed by atoms with E-state index in [1.54, 1.807) is 23.9 Å². The summed E-state index contributed by atoms with van der Waals surface area (Å²) in [4.78, 5) is 21.3. The van der Waals surface area contributed by atoms with E-state index in [1.165, 1.54) is 0 Å². The molecule has 0 aliphatic heterocycles. The smallest absolute Gasteiger partial charge is 0.229 e. The quantitative estimate of drug-likeness (QED) is 0.530. The Morgan fingerprint density at radius 3 is 2.76 bits per heavy atom. The molecule has 7 nitrogen and oxygen atoms in total. The highest BCUT2D eigenvalue weighted by Crippen LogP contribution is 2.21. The molecule has 0 saturated heterocycles. The van der Waals surface area contributed by atoms with E-state index in [4.69, 9.17) is 4.74 Å². The third-order valence-corrected chi connectivity index (χ3v) is 4.57. The molecule has 0 saturated carbocycles. The lowest BCUT2D eigenvalue weighted by Crippen LogP contribution is -2.15. The SMILES string of the molecule is COc1cccc(CC(=O)Nc2cnc3cnc(-c4cccc(CO)c4)cn23)c1. The van der Waals surface area contributed by atoms with Gasteiger partial charge in [0.2, 0.25) is 5.91 Å². The van der Waals surface area contributed by atoms with Gasteiger partial charge >= 0.3 is 0 Å². The molecule has 0 radical (unpaired) electrons. The fourth-order valence-corrected chi connectivity index (χ4v) is 3.11. The number of hydrogen-bond donors (Lipinski definition) is 2.